The summed E-state index contributed by atoms with van der Waals surface area (Å²) in [5.74, 6) is -0.769. The minimum Gasteiger partial charge on any atom is -0.488 e. The normalized spacial score (nSPS) is 17.8. The van der Waals surface area contributed by atoms with E-state index in [1.807, 2.05) is 24.3 Å². The molecule has 0 radical (unpaired) electrons. The lowest BCUT2D eigenvalue weighted by Crippen LogP contribution is -2.36. The Bertz CT molecular complexity index is 544. The average Bonchev–Trinajstić information content (AvgIpc) is 2.77. The van der Waals surface area contributed by atoms with Gasteiger partial charge in [0, 0.05) is 13.0 Å². The van der Waals surface area contributed by atoms with Crippen LogP contribution in [0.3, 0.4) is 0 Å². The Labute approximate surface area is 111 Å². The van der Waals surface area contributed by atoms with Crippen molar-refractivity contribution in [1.29, 1.82) is 0 Å². The first-order valence-corrected chi connectivity index (χ1v) is 7.55. The summed E-state index contributed by atoms with van der Waals surface area (Å²) in [6, 6.07) is 7.54. The monoisotopic (exact) mass is 285 g/mol. The maximum absolute atomic E-state index is 11.5. The molecule has 0 aromatic heterocycles. The number of aliphatic carboxylic acids is 1. The van der Waals surface area contributed by atoms with Crippen molar-refractivity contribution in [3.63, 3.8) is 0 Å². The molecule has 2 rings (SSSR count). The van der Waals surface area contributed by atoms with E-state index in [1.54, 1.807) is 0 Å². The van der Waals surface area contributed by atoms with Gasteiger partial charge in [-0.05, 0) is 11.6 Å². The number of sulfonamides is 1. The number of carbonyl (C=O) groups is 1. The average molecular weight is 285 g/mol. The third-order valence-electron chi connectivity index (χ3n) is 2.83. The van der Waals surface area contributed by atoms with Crippen molar-refractivity contribution in [3.8, 4) is 5.75 Å². The van der Waals surface area contributed by atoms with Crippen LogP contribution < -0.4 is 9.46 Å². The minimum atomic E-state index is -3.56. The molecule has 1 atom stereocenters. The first-order valence-electron chi connectivity index (χ1n) is 5.90. The topological polar surface area (TPSA) is 92.7 Å². The van der Waals surface area contributed by atoms with Gasteiger partial charge in [0.25, 0.3) is 0 Å². The van der Waals surface area contributed by atoms with Crippen molar-refractivity contribution in [2.75, 3.05) is 12.3 Å². The second kappa shape index (κ2) is 5.58. The summed E-state index contributed by atoms with van der Waals surface area (Å²) < 4.78 is 31.0. The molecule has 0 fully saturated rings. The number of benzene rings is 1. The molecule has 1 aromatic carbocycles. The van der Waals surface area contributed by atoms with Gasteiger partial charge >= 0.3 is 5.97 Å². The molecule has 0 bridgehead atoms. The van der Waals surface area contributed by atoms with E-state index in [-0.39, 0.29) is 12.6 Å². The van der Waals surface area contributed by atoms with Crippen molar-refractivity contribution in [3.05, 3.63) is 29.8 Å². The summed E-state index contributed by atoms with van der Waals surface area (Å²) in [6.45, 7) is 0.149. The van der Waals surface area contributed by atoms with E-state index in [2.05, 4.69) is 4.72 Å². The standard InChI is InChI=1S/C12H15NO5S/c14-12(15)5-6-19(16,17)13-8-10-7-9-3-1-2-4-11(9)18-10/h1-4,10,13H,5-8H2,(H,14,15). The van der Waals surface area contributed by atoms with E-state index >= 15 is 0 Å². The molecule has 0 saturated carbocycles. The van der Waals surface area contributed by atoms with Crippen LogP contribution in [0, 0.1) is 0 Å². The van der Waals surface area contributed by atoms with Gasteiger partial charge in [0.1, 0.15) is 11.9 Å². The molecule has 1 aliphatic rings. The summed E-state index contributed by atoms with van der Waals surface area (Å²) in [5.41, 5.74) is 1.05. The third kappa shape index (κ3) is 3.93. The Morgan fingerprint density at radius 2 is 2.16 bits per heavy atom. The molecule has 6 nitrogen and oxygen atoms in total. The lowest BCUT2D eigenvalue weighted by Gasteiger charge is -2.11. The number of nitrogens with one attached hydrogen (secondary N) is 1. The summed E-state index contributed by atoms with van der Waals surface area (Å²) in [5, 5.41) is 8.46. The van der Waals surface area contributed by atoms with Gasteiger partial charge in [0.15, 0.2) is 0 Å². The minimum absolute atomic E-state index is 0.149. The first kappa shape index (κ1) is 13.8. The lowest BCUT2D eigenvalue weighted by molar-refractivity contribution is -0.136. The van der Waals surface area contributed by atoms with Gasteiger partial charge in [-0.25, -0.2) is 13.1 Å². The quantitative estimate of drug-likeness (QED) is 0.788. The van der Waals surface area contributed by atoms with Crippen molar-refractivity contribution in [2.45, 2.75) is 18.9 Å². The number of para-hydroxylation sites is 1. The molecule has 0 spiro atoms. The third-order valence-corrected chi connectivity index (χ3v) is 4.18. The number of ether oxygens (including phenoxy) is 1. The Morgan fingerprint density at radius 3 is 2.84 bits per heavy atom. The van der Waals surface area contributed by atoms with Crippen LogP contribution in [0.1, 0.15) is 12.0 Å². The molecule has 2 N–H and O–H groups in total. The molecular formula is C12H15NO5S. The molecule has 1 aliphatic heterocycles. The molecule has 0 amide bonds. The second-order valence-corrected chi connectivity index (χ2v) is 6.29. The fourth-order valence-electron chi connectivity index (χ4n) is 1.88. The fraction of sp³-hybridized carbons (Fsp3) is 0.417. The molecule has 1 heterocycles. The maximum atomic E-state index is 11.5. The van der Waals surface area contributed by atoms with E-state index in [4.69, 9.17) is 9.84 Å². The molecule has 1 unspecified atom stereocenters. The highest BCUT2D eigenvalue weighted by molar-refractivity contribution is 7.89. The lowest BCUT2D eigenvalue weighted by atomic mass is 10.1. The Kier molecular flexibility index (Phi) is 4.06. The van der Waals surface area contributed by atoms with Crippen LogP contribution in [-0.4, -0.2) is 37.9 Å². The second-order valence-electron chi connectivity index (χ2n) is 4.36. The van der Waals surface area contributed by atoms with Crippen molar-refractivity contribution in [1.82, 2.24) is 4.72 Å². The van der Waals surface area contributed by atoms with E-state index in [9.17, 15) is 13.2 Å². The van der Waals surface area contributed by atoms with Crippen molar-refractivity contribution in [2.24, 2.45) is 0 Å². The van der Waals surface area contributed by atoms with Gasteiger partial charge in [-0.3, -0.25) is 4.79 Å². The Balaban J connectivity index is 1.83. The fourth-order valence-corrected chi connectivity index (χ4v) is 2.91. The number of fused-ring (bicyclic) bond motifs is 1. The first-order chi connectivity index (χ1) is 8.96. The molecule has 19 heavy (non-hydrogen) atoms. The van der Waals surface area contributed by atoms with Crippen LogP contribution in [-0.2, 0) is 21.2 Å². The van der Waals surface area contributed by atoms with Crippen molar-refractivity contribution >= 4 is 16.0 Å². The number of carboxylic acids is 1. The summed E-state index contributed by atoms with van der Waals surface area (Å²) in [7, 11) is -3.56. The Hall–Kier alpha value is -1.60. The van der Waals surface area contributed by atoms with Crippen LogP contribution in [0.4, 0.5) is 0 Å². The van der Waals surface area contributed by atoms with E-state index in [0.29, 0.717) is 6.42 Å². The predicted molar refractivity (Wildman–Crippen MR) is 68.6 cm³/mol. The zero-order valence-corrected chi connectivity index (χ0v) is 11.0. The number of hydrogen-bond acceptors (Lipinski definition) is 4. The molecule has 104 valence electrons. The highest BCUT2D eigenvalue weighted by atomic mass is 32.2. The number of rotatable bonds is 6. The summed E-state index contributed by atoms with van der Waals surface area (Å²) in [6.07, 6.45) is 0.00983. The van der Waals surface area contributed by atoms with Crippen molar-refractivity contribution < 1.29 is 23.1 Å². The summed E-state index contributed by atoms with van der Waals surface area (Å²) >= 11 is 0. The van der Waals surface area contributed by atoms with Crippen LogP contribution in [0.5, 0.6) is 5.75 Å². The van der Waals surface area contributed by atoms with E-state index < -0.39 is 28.2 Å². The Morgan fingerprint density at radius 1 is 1.42 bits per heavy atom. The van der Waals surface area contributed by atoms with Gasteiger partial charge in [-0.1, -0.05) is 18.2 Å². The van der Waals surface area contributed by atoms with Crippen LogP contribution in [0.25, 0.3) is 0 Å². The smallest absolute Gasteiger partial charge is 0.304 e. The maximum Gasteiger partial charge on any atom is 0.304 e. The van der Waals surface area contributed by atoms with Gasteiger partial charge in [-0.2, -0.15) is 0 Å². The molecule has 0 saturated heterocycles. The molecular weight excluding hydrogens is 270 g/mol. The highest BCUT2D eigenvalue weighted by Crippen LogP contribution is 2.27. The van der Waals surface area contributed by atoms with Gasteiger partial charge in [0.05, 0.1) is 12.2 Å². The molecule has 0 aliphatic carbocycles. The van der Waals surface area contributed by atoms with Gasteiger partial charge < -0.3 is 9.84 Å². The van der Waals surface area contributed by atoms with Gasteiger partial charge in [-0.15, -0.1) is 0 Å². The van der Waals surface area contributed by atoms with E-state index in [1.165, 1.54) is 0 Å². The summed E-state index contributed by atoms with van der Waals surface area (Å²) in [4.78, 5) is 10.3. The zero-order chi connectivity index (χ0) is 13.9. The number of hydrogen-bond donors (Lipinski definition) is 2. The van der Waals surface area contributed by atoms with E-state index in [0.717, 1.165) is 11.3 Å². The zero-order valence-electron chi connectivity index (χ0n) is 10.2. The number of carboxylic acid groups (broad SMARTS) is 1. The highest BCUT2D eigenvalue weighted by Gasteiger charge is 2.24. The molecule has 7 heteroatoms. The SMILES string of the molecule is O=C(O)CCS(=O)(=O)NCC1Cc2ccccc2O1. The molecule has 1 aromatic rings. The largest absolute Gasteiger partial charge is 0.488 e. The van der Waals surface area contributed by atoms with Crippen LogP contribution in [0.15, 0.2) is 24.3 Å². The van der Waals surface area contributed by atoms with Crippen LogP contribution in [0.2, 0.25) is 0 Å². The van der Waals surface area contributed by atoms with Gasteiger partial charge in [0.2, 0.25) is 10.0 Å². The predicted octanol–water partition coefficient (Wildman–Crippen LogP) is 0.384. The van der Waals surface area contributed by atoms with Crippen LogP contribution >= 0.6 is 0 Å².